The van der Waals surface area contributed by atoms with E-state index < -0.39 is 150 Å². The molecule has 6 rings (SSSR count). The standard InChI is InChI=1S/C35H34F3N3O16/c1-13-28(46)16(39-33(51)35(36,37)38)8-23(55-13)56-18-10-34(52,19(11-42)40-54-12-22(45)57-41-20(43)6-7-21(41)44)9-15-25(18)32(50)27-26(30(15)48)29(47)14-4-3-5-17(53-2)24(14)31(27)49/h3-5,13,16,18,23,28,42,46,48,50,52H,6-12H2,1-2H3,(H,39,51)/b40-19+/t13?,16?,18-,23?,28?,34-/m0/s1. The molecule has 0 bridgehead atoms. The number of ether oxygens (including phenoxy) is 3. The summed E-state index contributed by atoms with van der Waals surface area (Å²) >= 11 is 0. The molecule has 6 atom stereocenters. The normalized spacial score (nSPS) is 26.1. The number of halogens is 3. The van der Waals surface area contributed by atoms with Gasteiger partial charge in [0, 0.05) is 48.8 Å². The Labute approximate surface area is 318 Å². The van der Waals surface area contributed by atoms with E-state index in [0.29, 0.717) is 0 Å². The maximum Gasteiger partial charge on any atom is 0.471 e. The molecule has 0 saturated carbocycles. The molecule has 0 aromatic heterocycles. The molecule has 22 heteroatoms. The second-order valence-electron chi connectivity index (χ2n) is 13.5. The monoisotopic (exact) mass is 809 g/mol. The lowest BCUT2D eigenvalue weighted by molar-refractivity contribution is -0.249. The van der Waals surface area contributed by atoms with Crippen LogP contribution in [0.5, 0.6) is 17.2 Å². The first-order valence-electron chi connectivity index (χ1n) is 17.1. The van der Waals surface area contributed by atoms with Gasteiger partial charge in [-0.25, -0.2) is 4.79 Å². The predicted molar refractivity (Wildman–Crippen MR) is 177 cm³/mol. The molecular formula is C35H34F3N3O16. The maximum absolute atomic E-state index is 14.0. The number of oxime groups is 1. The first-order valence-corrected chi connectivity index (χ1v) is 17.1. The molecule has 2 fully saturated rings. The summed E-state index contributed by atoms with van der Waals surface area (Å²) in [5.74, 6) is -9.00. The van der Waals surface area contributed by atoms with Gasteiger partial charge in [0.25, 0.3) is 11.8 Å². The van der Waals surface area contributed by atoms with Gasteiger partial charge >= 0.3 is 18.1 Å². The first kappa shape index (κ1) is 41.0. The van der Waals surface area contributed by atoms with E-state index in [1.54, 1.807) is 5.32 Å². The Morgan fingerprint density at radius 3 is 2.35 bits per heavy atom. The number of aliphatic hydroxyl groups is 3. The third-order valence-electron chi connectivity index (χ3n) is 9.91. The molecule has 306 valence electrons. The summed E-state index contributed by atoms with van der Waals surface area (Å²) in [6.45, 7) is -0.928. The molecule has 6 N–H and O–H groups in total. The maximum atomic E-state index is 14.0. The number of carbonyl (C=O) groups excluding carboxylic acids is 6. The van der Waals surface area contributed by atoms with Crippen molar-refractivity contribution in [1.82, 2.24) is 10.4 Å². The number of phenolic OH excluding ortho intramolecular Hbond substituents is 2. The number of carbonyl (C=O) groups is 6. The zero-order valence-corrected chi connectivity index (χ0v) is 29.8. The Morgan fingerprint density at radius 2 is 1.72 bits per heavy atom. The Hall–Kier alpha value is -5.68. The van der Waals surface area contributed by atoms with Crippen LogP contribution >= 0.6 is 0 Å². The minimum atomic E-state index is -5.33. The highest BCUT2D eigenvalue weighted by Crippen LogP contribution is 2.52. The number of amides is 3. The van der Waals surface area contributed by atoms with Crippen molar-refractivity contribution in [1.29, 1.82) is 0 Å². The molecule has 3 amide bonds. The first-order chi connectivity index (χ1) is 26.8. The molecule has 19 nitrogen and oxygen atoms in total. The zero-order chi connectivity index (χ0) is 41.7. The number of hydrogen-bond donors (Lipinski definition) is 6. The molecule has 2 aliphatic carbocycles. The highest BCUT2D eigenvalue weighted by molar-refractivity contribution is 6.31. The van der Waals surface area contributed by atoms with Crippen molar-refractivity contribution in [2.24, 2.45) is 5.16 Å². The minimum Gasteiger partial charge on any atom is -0.507 e. The van der Waals surface area contributed by atoms with Crippen LogP contribution in [-0.2, 0) is 44.7 Å². The molecule has 2 aromatic carbocycles. The Balaban J connectivity index is 1.39. The van der Waals surface area contributed by atoms with Gasteiger partial charge in [0.15, 0.2) is 12.1 Å². The topological polar surface area (TPSA) is 277 Å². The van der Waals surface area contributed by atoms with Crippen molar-refractivity contribution in [2.75, 3.05) is 20.3 Å². The van der Waals surface area contributed by atoms with Gasteiger partial charge in [-0.3, -0.25) is 24.0 Å². The molecule has 0 radical (unpaired) electrons. The number of phenols is 2. The van der Waals surface area contributed by atoms with E-state index in [9.17, 15) is 67.5 Å². The lowest BCUT2D eigenvalue weighted by Gasteiger charge is -2.43. The van der Waals surface area contributed by atoms with Crippen molar-refractivity contribution in [3.8, 4) is 17.2 Å². The number of nitrogens with zero attached hydrogens (tertiary/aromatic N) is 2. The molecule has 2 heterocycles. The molecule has 57 heavy (non-hydrogen) atoms. The number of methoxy groups -OCH3 is 1. The number of aliphatic hydroxyl groups excluding tert-OH is 2. The van der Waals surface area contributed by atoms with Gasteiger partial charge in [-0.1, -0.05) is 17.3 Å². The Bertz CT molecular complexity index is 2070. The van der Waals surface area contributed by atoms with Crippen molar-refractivity contribution in [3.05, 3.63) is 51.6 Å². The number of nitrogens with one attached hydrogen (secondary N) is 1. The predicted octanol–water partition coefficient (Wildman–Crippen LogP) is 0.132. The van der Waals surface area contributed by atoms with Gasteiger partial charge in [0.1, 0.15) is 34.7 Å². The highest BCUT2D eigenvalue weighted by Gasteiger charge is 2.51. The number of imide groups is 1. The number of hydroxylamine groups is 2. The van der Waals surface area contributed by atoms with Crippen LogP contribution in [-0.4, -0.2) is 128 Å². The van der Waals surface area contributed by atoms with Gasteiger partial charge in [0.2, 0.25) is 12.4 Å². The van der Waals surface area contributed by atoms with Crippen molar-refractivity contribution in [3.63, 3.8) is 0 Å². The summed E-state index contributed by atoms with van der Waals surface area (Å²) in [6.07, 6.45) is -14.2. The summed E-state index contributed by atoms with van der Waals surface area (Å²) in [5.41, 5.74) is -5.74. The fourth-order valence-electron chi connectivity index (χ4n) is 7.18. The second-order valence-corrected chi connectivity index (χ2v) is 13.5. The number of aromatic hydroxyl groups is 2. The average Bonchev–Trinajstić information content (AvgIpc) is 3.46. The second kappa shape index (κ2) is 15.3. The van der Waals surface area contributed by atoms with Crippen LogP contribution in [0.25, 0.3) is 0 Å². The van der Waals surface area contributed by atoms with Crippen LogP contribution in [0.2, 0.25) is 0 Å². The third-order valence-corrected chi connectivity index (χ3v) is 9.91. The van der Waals surface area contributed by atoms with Crippen LogP contribution in [0.1, 0.15) is 81.7 Å². The molecule has 4 aliphatic rings. The Morgan fingerprint density at radius 1 is 1.05 bits per heavy atom. The lowest BCUT2D eigenvalue weighted by Crippen LogP contribution is -2.57. The van der Waals surface area contributed by atoms with E-state index in [4.69, 9.17) is 19.0 Å². The van der Waals surface area contributed by atoms with Gasteiger partial charge in [0.05, 0.1) is 48.7 Å². The molecule has 4 unspecified atom stereocenters. The zero-order valence-electron chi connectivity index (χ0n) is 29.8. The lowest BCUT2D eigenvalue weighted by atomic mass is 9.71. The number of alkyl halides is 3. The van der Waals surface area contributed by atoms with E-state index >= 15 is 0 Å². The SMILES string of the molecule is COc1cccc2c1C(=O)c1c(O)c3c(c(O)c1C2=O)C[C@@](O)(/C(CO)=N/OCC(=O)ON1C(=O)CCC1=O)C[C@@H]3OC1CC(NC(=O)C(F)(F)F)C(O)C(C)O1. The summed E-state index contributed by atoms with van der Waals surface area (Å²) in [5, 5.41) is 62.0. The van der Waals surface area contributed by atoms with Crippen LogP contribution in [0, 0.1) is 0 Å². The average molecular weight is 810 g/mol. The van der Waals surface area contributed by atoms with Crippen LogP contribution in [0.3, 0.4) is 0 Å². The molecule has 2 aliphatic heterocycles. The van der Waals surface area contributed by atoms with Crippen molar-refractivity contribution < 1.29 is 91.4 Å². The van der Waals surface area contributed by atoms with Gasteiger partial charge in [-0.15, -0.1) is 5.06 Å². The summed E-state index contributed by atoms with van der Waals surface area (Å²) in [7, 11) is 1.23. The third kappa shape index (κ3) is 7.48. The smallest absolute Gasteiger partial charge is 0.471 e. The van der Waals surface area contributed by atoms with Gasteiger partial charge in [-0.2, -0.15) is 13.2 Å². The number of hydrogen-bond acceptors (Lipinski definition) is 17. The van der Waals surface area contributed by atoms with Crippen LogP contribution < -0.4 is 10.1 Å². The fourth-order valence-corrected chi connectivity index (χ4v) is 7.18. The molecule has 2 saturated heterocycles. The minimum absolute atomic E-state index is 0.0447. The van der Waals surface area contributed by atoms with E-state index in [2.05, 4.69) is 9.99 Å². The molecule has 2 aromatic rings. The van der Waals surface area contributed by atoms with E-state index in [1.807, 2.05) is 0 Å². The van der Waals surface area contributed by atoms with Gasteiger partial charge in [-0.05, 0) is 13.0 Å². The van der Waals surface area contributed by atoms with Crippen molar-refractivity contribution in [2.45, 2.75) is 81.4 Å². The number of ketones is 2. The van der Waals surface area contributed by atoms with E-state index in [1.165, 1.54) is 32.2 Å². The molecular weight excluding hydrogens is 775 g/mol. The quantitative estimate of drug-likeness (QED) is 0.0687. The van der Waals surface area contributed by atoms with Crippen LogP contribution in [0.4, 0.5) is 13.2 Å². The van der Waals surface area contributed by atoms with E-state index in [0.717, 1.165) is 0 Å². The fraction of sp³-hybridized carbons (Fsp3) is 0.457. The summed E-state index contributed by atoms with van der Waals surface area (Å²) in [4.78, 5) is 85.1. The highest BCUT2D eigenvalue weighted by atomic mass is 19.4. The number of benzene rings is 2. The largest absolute Gasteiger partial charge is 0.507 e. The van der Waals surface area contributed by atoms with Gasteiger partial charge < -0.3 is 54.7 Å². The Kier molecular flexibility index (Phi) is 11.0. The van der Waals surface area contributed by atoms with Crippen LogP contribution in [0.15, 0.2) is 23.4 Å². The van der Waals surface area contributed by atoms with E-state index in [-0.39, 0.29) is 34.8 Å². The number of rotatable bonds is 10. The summed E-state index contributed by atoms with van der Waals surface area (Å²) < 4.78 is 56.4. The number of fused-ring (bicyclic) bond motifs is 3. The summed E-state index contributed by atoms with van der Waals surface area (Å²) in [6, 6.07) is 2.44. The van der Waals surface area contributed by atoms with Crippen molar-refractivity contribution >= 4 is 41.0 Å². The molecule has 0 spiro atoms.